The van der Waals surface area contributed by atoms with Gasteiger partial charge in [0.1, 0.15) is 5.75 Å². The predicted molar refractivity (Wildman–Crippen MR) is 83.7 cm³/mol. The topological polar surface area (TPSA) is 21.3 Å². The summed E-state index contributed by atoms with van der Waals surface area (Å²) >= 11 is 0. The van der Waals surface area contributed by atoms with Crippen molar-refractivity contribution in [2.75, 3.05) is 20.2 Å². The van der Waals surface area contributed by atoms with Crippen molar-refractivity contribution in [3.8, 4) is 5.75 Å². The molecule has 1 aromatic carbocycles. The first-order valence-electron chi connectivity index (χ1n) is 7.07. The molecule has 0 saturated heterocycles. The molecular formula is C17H27NO. The summed E-state index contributed by atoms with van der Waals surface area (Å²) in [5.74, 6) is 1.64. The van der Waals surface area contributed by atoms with Crippen molar-refractivity contribution in [3.05, 3.63) is 35.4 Å². The lowest BCUT2D eigenvalue weighted by Crippen LogP contribution is -2.20. The van der Waals surface area contributed by atoms with Gasteiger partial charge in [0.2, 0.25) is 0 Å². The maximum absolute atomic E-state index is 5.24. The van der Waals surface area contributed by atoms with E-state index in [1.165, 1.54) is 16.7 Å². The fraction of sp³-hybridized carbons (Fsp3) is 0.529. The average molecular weight is 261 g/mol. The normalized spacial score (nSPS) is 12.0. The molecule has 106 valence electrons. The summed E-state index contributed by atoms with van der Waals surface area (Å²) in [6.07, 6.45) is 3.38. The van der Waals surface area contributed by atoms with Gasteiger partial charge in [-0.15, -0.1) is 0 Å². The van der Waals surface area contributed by atoms with Crippen LogP contribution in [-0.4, -0.2) is 20.2 Å². The number of benzene rings is 1. The van der Waals surface area contributed by atoms with Gasteiger partial charge in [-0.25, -0.2) is 0 Å². The van der Waals surface area contributed by atoms with E-state index in [1.54, 1.807) is 7.11 Å². The first-order chi connectivity index (χ1) is 9.04. The lowest BCUT2D eigenvalue weighted by molar-refractivity contribution is 0.414. The van der Waals surface area contributed by atoms with Gasteiger partial charge in [-0.05, 0) is 68.1 Å². The second kappa shape index (κ2) is 8.00. The minimum Gasteiger partial charge on any atom is -0.497 e. The molecule has 2 heteroatoms. The molecule has 0 atom stereocenters. The van der Waals surface area contributed by atoms with Crippen molar-refractivity contribution in [2.24, 2.45) is 5.92 Å². The van der Waals surface area contributed by atoms with Gasteiger partial charge in [0.05, 0.1) is 7.11 Å². The van der Waals surface area contributed by atoms with Crippen LogP contribution >= 0.6 is 0 Å². The zero-order chi connectivity index (χ0) is 14.3. The summed E-state index contributed by atoms with van der Waals surface area (Å²) in [6, 6.07) is 6.25. The van der Waals surface area contributed by atoms with Crippen LogP contribution in [0, 0.1) is 12.8 Å². The van der Waals surface area contributed by atoms with Gasteiger partial charge in [0.15, 0.2) is 0 Å². The molecule has 0 saturated carbocycles. The van der Waals surface area contributed by atoms with Gasteiger partial charge in [-0.2, -0.15) is 0 Å². The molecule has 0 aromatic heterocycles. The first-order valence-corrected chi connectivity index (χ1v) is 7.07. The molecule has 1 aromatic rings. The van der Waals surface area contributed by atoms with E-state index in [2.05, 4.69) is 51.2 Å². The number of hydrogen-bond acceptors (Lipinski definition) is 2. The molecule has 0 aliphatic rings. The second-order valence-electron chi connectivity index (χ2n) is 5.45. The van der Waals surface area contributed by atoms with Gasteiger partial charge in [0.25, 0.3) is 0 Å². The van der Waals surface area contributed by atoms with Gasteiger partial charge in [0, 0.05) is 0 Å². The van der Waals surface area contributed by atoms with Gasteiger partial charge in [-0.1, -0.05) is 26.0 Å². The van der Waals surface area contributed by atoms with E-state index in [0.29, 0.717) is 5.92 Å². The number of allylic oxidation sites excluding steroid dienone is 1. The highest BCUT2D eigenvalue weighted by atomic mass is 16.5. The summed E-state index contributed by atoms with van der Waals surface area (Å²) in [7, 11) is 1.71. The summed E-state index contributed by atoms with van der Waals surface area (Å²) in [5, 5.41) is 3.46. The SMILES string of the molecule is COc1ccc(C(C)=CCCNCC(C)C)c(C)c1. The molecule has 0 heterocycles. The third kappa shape index (κ3) is 5.48. The first kappa shape index (κ1) is 15.8. The summed E-state index contributed by atoms with van der Waals surface area (Å²) < 4.78 is 5.24. The van der Waals surface area contributed by atoms with Crippen LogP contribution in [0.15, 0.2) is 24.3 Å². The highest BCUT2D eigenvalue weighted by Crippen LogP contribution is 2.23. The highest BCUT2D eigenvalue weighted by molar-refractivity contribution is 5.67. The summed E-state index contributed by atoms with van der Waals surface area (Å²) in [4.78, 5) is 0. The predicted octanol–water partition coefficient (Wildman–Crippen LogP) is 4.04. The summed E-state index contributed by atoms with van der Waals surface area (Å²) in [6.45, 7) is 10.9. The number of hydrogen-bond donors (Lipinski definition) is 1. The van der Waals surface area contributed by atoms with E-state index < -0.39 is 0 Å². The van der Waals surface area contributed by atoms with Crippen LogP contribution in [-0.2, 0) is 0 Å². The maximum atomic E-state index is 5.24. The Morgan fingerprint density at radius 1 is 1.37 bits per heavy atom. The minimum absolute atomic E-state index is 0.717. The van der Waals surface area contributed by atoms with Crippen molar-refractivity contribution in [1.82, 2.24) is 5.32 Å². The third-order valence-corrected chi connectivity index (χ3v) is 3.18. The van der Waals surface area contributed by atoms with Gasteiger partial charge >= 0.3 is 0 Å². The Hall–Kier alpha value is -1.28. The molecule has 19 heavy (non-hydrogen) atoms. The van der Waals surface area contributed by atoms with E-state index in [4.69, 9.17) is 4.74 Å². The molecule has 0 bridgehead atoms. The van der Waals surface area contributed by atoms with Crippen molar-refractivity contribution in [3.63, 3.8) is 0 Å². The van der Waals surface area contributed by atoms with Crippen LogP contribution in [0.5, 0.6) is 5.75 Å². The van der Waals surface area contributed by atoms with Crippen molar-refractivity contribution < 1.29 is 4.74 Å². The Balaban J connectivity index is 2.54. The lowest BCUT2D eigenvalue weighted by Gasteiger charge is -2.09. The van der Waals surface area contributed by atoms with Gasteiger partial charge < -0.3 is 10.1 Å². The lowest BCUT2D eigenvalue weighted by atomic mass is 10.0. The van der Waals surface area contributed by atoms with E-state index in [9.17, 15) is 0 Å². The van der Waals surface area contributed by atoms with Gasteiger partial charge in [-0.3, -0.25) is 0 Å². The van der Waals surface area contributed by atoms with E-state index in [-0.39, 0.29) is 0 Å². The number of ether oxygens (including phenoxy) is 1. The van der Waals surface area contributed by atoms with Crippen LogP contribution in [0.1, 0.15) is 38.3 Å². The van der Waals surface area contributed by atoms with Crippen molar-refractivity contribution in [2.45, 2.75) is 34.1 Å². The maximum Gasteiger partial charge on any atom is 0.119 e. The van der Waals surface area contributed by atoms with E-state index in [1.807, 2.05) is 6.07 Å². The monoisotopic (exact) mass is 261 g/mol. The van der Waals surface area contributed by atoms with Crippen LogP contribution < -0.4 is 10.1 Å². The zero-order valence-corrected chi connectivity index (χ0v) is 12.9. The second-order valence-corrected chi connectivity index (χ2v) is 5.45. The average Bonchev–Trinajstić information content (AvgIpc) is 2.37. The molecule has 0 aliphatic carbocycles. The Bertz CT molecular complexity index is 421. The van der Waals surface area contributed by atoms with Crippen molar-refractivity contribution >= 4 is 5.57 Å². The third-order valence-electron chi connectivity index (χ3n) is 3.18. The van der Waals surface area contributed by atoms with Crippen molar-refractivity contribution in [1.29, 1.82) is 0 Å². The molecule has 0 spiro atoms. The zero-order valence-electron chi connectivity index (χ0n) is 12.9. The molecule has 1 rings (SSSR count). The molecule has 0 aliphatic heterocycles. The fourth-order valence-corrected chi connectivity index (χ4v) is 2.10. The fourth-order valence-electron chi connectivity index (χ4n) is 2.10. The number of aryl methyl sites for hydroxylation is 1. The molecule has 0 unspecified atom stereocenters. The van der Waals surface area contributed by atoms with E-state index in [0.717, 1.165) is 25.3 Å². The van der Waals surface area contributed by atoms with Crippen LogP contribution in [0.25, 0.3) is 5.57 Å². The smallest absolute Gasteiger partial charge is 0.119 e. The number of methoxy groups -OCH3 is 1. The van der Waals surface area contributed by atoms with Crippen LogP contribution in [0.2, 0.25) is 0 Å². The Labute approximate surface area is 117 Å². The Kier molecular flexibility index (Phi) is 6.65. The number of nitrogens with one attached hydrogen (secondary N) is 1. The highest BCUT2D eigenvalue weighted by Gasteiger charge is 2.02. The van der Waals surface area contributed by atoms with Crippen LogP contribution in [0.3, 0.4) is 0 Å². The Morgan fingerprint density at radius 2 is 2.11 bits per heavy atom. The molecule has 1 N–H and O–H groups in total. The molecule has 0 fully saturated rings. The van der Waals surface area contributed by atoms with Crippen LogP contribution in [0.4, 0.5) is 0 Å². The number of rotatable bonds is 7. The van der Waals surface area contributed by atoms with E-state index >= 15 is 0 Å². The molecular weight excluding hydrogens is 234 g/mol. The Morgan fingerprint density at radius 3 is 2.68 bits per heavy atom. The molecule has 0 radical (unpaired) electrons. The summed E-state index contributed by atoms with van der Waals surface area (Å²) in [5.41, 5.74) is 3.92. The largest absolute Gasteiger partial charge is 0.497 e. The standard InChI is InChI=1S/C17H27NO/c1-13(2)12-18-10-6-7-14(3)17-9-8-16(19-5)11-15(17)4/h7-9,11,13,18H,6,10,12H2,1-5H3. The molecule has 0 amide bonds. The molecule has 2 nitrogen and oxygen atoms in total. The minimum atomic E-state index is 0.717. The quantitative estimate of drug-likeness (QED) is 0.748.